The van der Waals surface area contributed by atoms with Crippen LogP contribution in [-0.2, 0) is 14.6 Å². The molecule has 0 bridgehead atoms. The van der Waals surface area contributed by atoms with Crippen LogP contribution in [0.4, 0.5) is 4.39 Å². The minimum atomic E-state index is -3.81. The van der Waals surface area contributed by atoms with Crippen molar-refractivity contribution < 1.29 is 17.6 Å². The smallest absolute Gasteiger partial charge is 0.238 e. The van der Waals surface area contributed by atoms with Crippen molar-refractivity contribution in [2.45, 2.75) is 54.8 Å². The molecule has 1 aromatic rings. The number of rotatable bonds is 5. The SMILES string of the molecule is CC(C(=O)NC1CCN(C2CC2)CC1)S(=O)(=O)c1ccc(F)cc1. The van der Waals surface area contributed by atoms with E-state index in [9.17, 15) is 17.6 Å². The zero-order valence-electron chi connectivity index (χ0n) is 13.7. The van der Waals surface area contributed by atoms with Crippen LogP contribution in [0.3, 0.4) is 0 Å². The molecule has 0 spiro atoms. The van der Waals surface area contributed by atoms with Crippen molar-refractivity contribution in [3.8, 4) is 0 Å². The van der Waals surface area contributed by atoms with E-state index in [0.29, 0.717) is 0 Å². The van der Waals surface area contributed by atoms with Gasteiger partial charge in [0.05, 0.1) is 4.90 Å². The predicted octanol–water partition coefficient (Wildman–Crippen LogP) is 1.73. The van der Waals surface area contributed by atoms with Crippen LogP contribution in [0, 0.1) is 5.82 Å². The van der Waals surface area contributed by atoms with Gasteiger partial charge in [-0.15, -0.1) is 0 Å². The second-order valence-electron chi connectivity index (χ2n) is 6.69. The molecule has 3 rings (SSSR count). The highest BCUT2D eigenvalue weighted by Gasteiger charge is 2.34. The maximum absolute atomic E-state index is 13.0. The number of carbonyl (C=O) groups is 1. The van der Waals surface area contributed by atoms with Crippen molar-refractivity contribution in [2.75, 3.05) is 13.1 Å². The lowest BCUT2D eigenvalue weighted by molar-refractivity contribution is -0.121. The number of hydrogen-bond acceptors (Lipinski definition) is 4. The Labute approximate surface area is 142 Å². The van der Waals surface area contributed by atoms with E-state index >= 15 is 0 Å². The van der Waals surface area contributed by atoms with Crippen molar-refractivity contribution in [3.05, 3.63) is 30.1 Å². The first-order valence-corrected chi connectivity index (χ1v) is 9.96. The van der Waals surface area contributed by atoms with Crippen molar-refractivity contribution in [1.29, 1.82) is 0 Å². The molecule has 2 fully saturated rings. The molecule has 132 valence electrons. The third-order valence-electron chi connectivity index (χ3n) is 4.92. The fraction of sp³-hybridized carbons (Fsp3) is 0.588. The van der Waals surface area contributed by atoms with E-state index in [0.717, 1.165) is 44.1 Å². The third-order valence-corrected chi connectivity index (χ3v) is 6.99. The lowest BCUT2D eigenvalue weighted by atomic mass is 10.0. The van der Waals surface area contributed by atoms with Crippen LogP contribution in [-0.4, -0.2) is 49.6 Å². The molecule has 1 aliphatic carbocycles. The Kier molecular flexibility index (Phi) is 4.92. The third kappa shape index (κ3) is 3.78. The van der Waals surface area contributed by atoms with Gasteiger partial charge in [-0.2, -0.15) is 0 Å². The summed E-state index contributed by atoms with van der Waals surface area (Å²) in [6, 6.07) is 5.32. The molecular formula is C17H23FN2O3S. The largest absolute Gasteiger partial charge is 0.352 e. The molecule has 0 aromatic heterocycles. The molecule has 1 aliphatic heterocycles. The molecule has 1 saturated carbocycles. The molecule has 7 heteroatoms. The molecule has 1 saturated heterocycles. The maximum atomic E-state index is 13.0. The highest BCUT2D eigenvalue weighted by Crippen LogP contribution is 2.29. The van der Waals surface area contributed by atoms with E-state index in [1.54, 1.807) is 0 Å². The first-order chi connectivity index (χ1) is 11.4. The molecule has 2 aliphatic rings. The van der Waals surface area contributed by atoms with Crippen molar-refractivity contribution in [2.24, 2.45) is 0 Å². The number of benzene rings is 1. The van der Waals surface area contributed by atoms with E-state index in [1.165, 1.54) is 31.9 Å². The molecule has 1 atom stereocenters. The Morgan fingerprint density at radius 3 is 2.29 bits per heavy atom. The quantitative estimate of drug-likeness (QED) is 0.818. The van der Waals surface area contributed by atoms with Crippen molar-refractivity contribution >= 4 is 15.7 Å². The van der Waals surface area contributed by atoms with Crippen LogP contribution in [0.1, 0.15) is 32.6 Å². The summed E-state index contributed by atoms with van der Waals surface area (Å²) in [4.78, 5) is 14.8. The van der Waals surface area contributed by atoms with Gasteiger partial charge in [-0.25, -0.2) is 12.8 Å². The van der Waals surface area contributed by atoms with E-state index in [4.69, 9.17) is 0 Å². The van der Waals surface area contributed by atoms with Gasteiger partial charge < -0.3 is 10.2 Å². The highest BCUT2D eigenvalue weighted by atomic mass is 32.2. The lowest BCUT2D eigenvalue weighted by Gasteiger charge is -2.32. The Morgan fingerprint density at radius 2 is 1.75 bits per heavy atom. The number of hydrogen-bond donors (Lipinski definition) is 1. The van der Waals surface area contributed by atoms with Gasteiger partial charge in [-0.1, -0.05) is 0 Å². The zero-order valence-corrected chi connectivity index (χ0v) is 14.6. The fourth-order valence-corrected chi connectivity index (χ4v) is 4.41. The number of likely N-dealkylation sites (tertiary alicyclic amines) is 1. The highest BCUT2D eigenvalue weighted by molar-refractivity contribution is 7.92. The second kappa shape index (κ2) is 6.80. The van der Waals surface area contributed by atoms with Gasteiger partial charge in [-0.05, 0) is 56.9 Å². The predicted molar refractivity (Wildman–Crippen MR) is 88.8 cm³/mol. The Hall–Kier alpha value is -1.47. The molecule has 1 unspecified atom stereocenters. The number of piperidine rings is 1. The van der Waals surface area contributed by atoms with E-state index in [-0.39, 0.29) is 10.9 Å². The van der Waals surface area contributed by atoms with Crippen LogP contribution >= 0.6 is 0 Å². The molecule has 0 radical (unpaired) electrons. The number of halogens is 1. The first kappa shape index (κ1) is 17.4. The van der Waals surface area contributed by atoms with E-state index in [2.05, 4.69) is 10.2 Å². The first-order valence-electron chi connectivity index (χ1n) is 8.42. The summed E-state index contributed by atoms with van der Waals surface area (Å²) in [6.07, 6.45) is 4.24. The minimum Gasteiger partial charge on any atom is -0.352 e. The second-order valence-corrected chi connectivity index (χ2v) is 8.96. The van der Waals surface area contributed by atoms with Gasteiger partial charge in [0.1, 0.15) is 11.1 Å². The lowest BCUT2D eigenvalue weighted by Crippen LogP contribution is -2.48. The van der Waals surface area contributed by atoms with Crippen LogP contribution in [0.5, 0.6) is 0 Å². The molecule has 1 heterocycles. The molecular weight excluding hydrogens is 331 g/mol. The van der Waals surface area contributed by atoms with Gasteiger partial charge in [0, 0.05) is 25.2 Å². The minimum absolute atomic E-state index is 0.0263. The van der Waals surface area contributed by atoms with Crippen LogP contribution in [0.25, 0.3) is 0 Å². The fourth-order valence-electron chi connectivity index (χ4n) is 3.14. The van der Waals surface area contributed by atoms with Gasteiger partial charge in [0.25, 0.3) is 0 Å². The van der Waals surface area contributed by atoms with Crippen molar-refractivity contribution in [3.63, 3.8) is 0 Å². The standard InChI is InChI=1S/C17H23FN2O3S/c1-12(24(22,23)16-6-2-13(18)3-7-16)17(21)19-14-8-10-20(11-9-14)15-4-5-15/h2-3,6-7,12,14-15H,4-5,8-11H2,1H3,(H,19,21). The molecule has 1 aromatic carbocycles. The number of carbonyl (C=O) groups excluding carboxylic acids is 1. The summed E-state index contributed by atoms with van der Waals surface area (Å²) in [6.45, 7) is 3.29. The number of sulfone groups is 1. The average molecular weight is 354 g/mol. The van der Waals surface area contributed by atoms with E-state index in [1.807, 2.05) is 0 Å². The van der Waals surface area contributed by atoms with Crippen LogP contribution < -0.4 is 5.32 Å². The number of amides is 1. The zero-order chi connectivity index (χ0) is 17.3. The topological polar surface area (TPSA) is 66.5 Å². The summed E-state index contributed by atoms with van der Waals surface area (Å²) in [5.41, 5.74) is 0. The summed E-state index contributed by atoms with van der Waals surface area (Å²) in [5.74, 6) is -0.988. The van der Waals surface area contributed by atoms with Gasteiger partial charge in [0.15, 0.2) is 9.84 Å². The van der Waals surface area contributed by atoms with Gasteiger partial charge in [0.2, 0.25) is 5.91 Å². The van der Waals surface area contributed by atoms with Crippen LogP contribution in [0.2, 0.25) is 0 Å². The Morgan fingerprint density at radius 1 is 1.17 bits per heavy atom. The summed E-state index contributed by atoms with van der Waals surface area (Å²) in [7, 11) is -3.81. The average Bonchev–Trinajstić information content (AvgIpc) is 3.40. The molecule has 24 heavy (non-hydrogen) atoms. The van der Waals surface area contributed by atoms with Crippen LogP contribution in [0.15, 0.2) is 29.2 Å². The van der Waals surface area contributed by atoms with Crippen molar-refractivity contribution in [1.82, 2.24) is 10.2 Å². The monoisotopic (exact) mass is 354 g/mol. The Balaban J connectivity index is 1.58. The van der Waals surface area contributed by atoms with Gasteiger partial charge in [-0.3, -0.25) is 4.79 Å². The summed E-state index contributed by atoms with van der Waals surface area (Å²) in [5, 5.41) is 1.68. The van der Waals surface area contributed by atoms with E-state index < -0.39 is 26.8 Å². The summed E-state index contributed by atoms with van der Waals surface area (Å²) < 4.78 is 37.9. The van der Waals surface area contributed by atoms with Gasteiger partial charge >= 0.3 is 0 Å². The Bertz CT molecular complexity index is 693. The molecule has 5 nitrogen and oxygen atoms in total. The molecule has 1 amide bonds. The number of nitrogens with one attached hydrogen (secondary N) is 1. The normalized spacial score (nSPS) is 21.4. The number of nitrogens with zero attached hydrogens (tertiary/aromatic N) is 1. The maximum Gasteiger partial charge on any atom is 0.238 e. The summed E-state index contributed by atoms with van der Waals surface area (Å²) >= 11 is 0. The molecule has 1 N–H and O–H groups in total.